The van der Waals surface area contributed by atoms with E-state index >= 15 is 0 Å². The smallest absolute Gasteiger partial charge is 0.228 e. The van der Waals surface area contributed by atoms with Gasteiger partial charge in [0.15, 0.2) is 0 Å². The zero-order valence-electron chi connectivity index (χ0n) is 17.5. The summed E-state index contributed by atoms with van der Waals surface area (Å²) in [6.45, 7) is 3.04. The fourth-order valence-electron chi connectivity index (χ4n) is 4.46. The Balaban J connectivity index is 1.62. The molecule has 0 bridgehead atoms. The third-order valence-corrected chi connectivity index (χ3v) is 6.25. The van der Waals surface area contributed by atoms with Gasteiger partial charge in [-0.1, -0.05) is 43.3 Å². The lowest BCUT2D eigenvalue weighted by molar-refractivity contribution is -0.141. The van der Waals surface area contributed by atoms with Crippen molar-refractivity contribution in [3.05, 3.63) is 59.9 Å². The SMILES string of the molecule is CCC(=O)N1CCC[C@@](Cc2cccc(-c3cccc(F)c3)c2)(C(=O)NC2CC2)C1. The maximum absolute atomic E-state index is 13.7. The van der Waals surface area contributed by atoms with E-state index in [-0.39, 0.29) is 23.7 Å². The van der Waals surface area contributed by atoms with Crippen molar-refractivity contribution in [3.8, 4) is 11.1 Å². The first-order valence-electron chi connectivity index (χ1n) is 10.9. The summed E-state index contributed by atoms with van der Waals surface area (Å²) in [6, 6.07) is 14.8. The molecule has 2 fully saturated rings. The van der Waals surface area contributed by atoms with Crippen LogP contribution in [-0.4, -0.2) is 35.8 Å². The van der Waals surface area contributed by atoms with Crippen LogP contribution in [0.15, 0.2) is 48.5 Å². The number of piperidine rings is 1. The Bertz CT molecular complexity index is 940. The minimum atomic E-state index is -0.619. The second kappa shape index (κ2) is 8.58. The van der Waals surface area contributed by atoms with Crippen molar-refractivity contribution in [3.63, 3.8) is 0 Å². The largest absolute Gasteiger partial charge is 0.353 e. The number of benzene rings is 2. The normalized spacial score (nSPS) is 21.3. The number of carbonyl (C=O) groups excluding carboxylic acids is 2. The van der Waals surface area contributed by atoms with Crippen molar-refractivity contribution in [2.24, 2.45) is 5.41 Å². The molecular weight excluding hydrogens is 379 g/mol. The first kappa shape index (κ1) is 20.6. The topological polar surface area (TPSA) is 49.4 Å². The van der Waals surface area contributed by atoms with Crippen molar-refractivity contribution in [1.82, 2.24) is 10.2 Å². The van der Waals surface area contributed by atoms with E-state index < -0.39 is 5.41 Å². The van der Waals surface area contributed by atoms with Crippen LogP contribution >= 0.6 is 0 Å². The van der Waals surface area contributed by atoms with Crippen LogP contribution in [-0.2, 0) is 16.0 Å². The summed E-state index contributed by atoms with van der Waals surface area (Å²) in [5.74, 6) is -0.0965. The van der Waals surface area contributed by atoms with Crippen LogP contribution in [0.3, 0.4) is 0 Å². The maximum atomic E-state index is 13.7. The molecule has 1 atom stereocenters. The van der Waals surface area contributed by atoms with Crippen molar-refractivity contribution in [2.75, 3.05) is 13.1 Å². The van der Waals surface area contributed by atoms with Crippen molar-refractivity contribution in [1.29, 1.82) is 0 Å². The first-order valence-corrected chi connectivity index (χ1v) is 10.9. The van der Waals surface area contributed by atoms with Gasteiger partial charge in [-0.25, -0.2) is 4.39 Å². The highest BCUT2D eigenvalue weighted by atomic mass is 19.1. The van der Waals surface area contributed by atoms with Crippen LogP contribution < -0.4 is 5.32 Å². The Hall–Kier alpha value is -2.69. The first-order chi connectivity index (χ1) is 14.5. The molecule has 0 spiro atoms. The van der Waals surface area contributed by atoms with E-state index in [2.05, 4.69) is 5.32 Å². The Morgan fingerprint density at radius 2 is 1.87 bits per heavy atom. The molecule has 5 heteroatoms. The van der Waals surface area contributed by atoms with Gasteiger partial charge in [-0.3, -0.25) is 9.59 Å². The van der Waals surface area contributed by atoms with E-state index in [1.165, 1.54) is 12.1 Å². The second-order valence-corrected chi connectivity index (χ2v) is 8.69. The minimum absolute atomic E-state index is 0.0646. The molecule has 158 valence electrons. The average molecular weight is 409 g/mol. The van der Waals surface area contributed by atoms with Crippen LogP contribution in [0.1, 0.15) is 44.6 Å². The number of carbonyl (C=O) groups is 2. The maximum Gasteiger partial charge on any atom is 0.228 e. The van der Waals surface area contributed by atoms with Crippen molar-refractivity contribution < 1.29 is 14.0 Å². The Morgan fingerprint density at radius 1 is 1.13 bits per heavy atom. The third-order valence-electron chi connectivity index (χ3n) is 6.25. The highest BCUT2D eigenvalue weighted by Gasteiger charge is 2.44. The molecule has 1 heterocycles. The summed E-state index contributed by atoms with van der Waals surface area (Å²) < 4.78 is 13.7. The van der Waals surface area contributed by atoms with Crippen LogP contribution in [0.25, 0.3) is 11.1 Å². The van der Waals surface area contributed by atoms with Gasteiger partial charge >= 0.3 is 0 Å². The molecule has 4 nitrogen and oxygen atoms in total. The molecule has 2 aliphatic rings. The molecule has 0 aromatic heterocycles. The second-order valence-electron chi connectivity index (χ2n) is 8.69. The van der Waals surface area contributed by atoms with E-state index in [9.17, 15) is 14.0 Å². The van der Waals surface area contributed by atoms with Crippen LogP contribution in [0.4, 0.5) is 4.39 Å². The molecule has 2 amide bonds. The van der Waals surface area contributed by atoms with Gasteiger partial charge in [0, 0.05) is 25.6 Å². The molecule has 1 saturated carbocycles. The Kier molecular flexibility index (Phi) is 5.89. The number of rotatable bonds is 6. The number of hydrogen-bond acceptors (Lipinski definition) is 2. The fraction of sp³-hybridized carbons (Fsp3) is 0.440. The highest BCUT2D eigenvalue weighted by Crippen LogP contribution is 2.36. The number of nitrogens with one attached hydrogen (secondary N) is 1. The van der Waals surface area contributed by atoms with Crippen LogP contribution in [0.2, 0.25) is 0 Å². The number of halogens is 1. The zero-order chi connectivity index (χ0) is 21.1. The van der Waals surface area contributed by atoms with E-state index in [4.69, 9.17) is 0 Å². The van der Waals surface area contributed by atoms with Gasteiger partial charge in [-0.15, -0.1) is 0 Å². The highest BCUT2D eigenvalue weighted by molar-refractivity contribution is 5.85. The number of likely N-dealkylation sites (tertiary alicyclic amines) is 1. The molecule has 0 unspecified atom stereocenters. The van der Waals surface area contributed by atoms with Gasteiger partial charge in [0.2, 0.25) is 11.8 Å². The monoisotopic (exact) mass is 408 g/mol. The summed E-state index contributed by atoms with van der Waals surface area (Å²) in [6.07, 6.45) is 4.69. The molecule has 2 aromatic carbocycles. The lowest BCUT2D eigenvalue weighted by Gasteiger charge is -2.42. The predicted octanol–water partition coefficient (Wildman–Crippen LogP) is 4.33. The number of hydrogen-bond donors (Lipinski definition) is 1. The summed E-state index contributed by atoms with van der Waals surface area (Å²) in [5.41, 5.74) is 2.17. The lowest BCUT2D eigenvalue weighted by Crippen LogP contribution is -2.54. The molecule has 30 heavy (non-hydrogen) atoms. The van der Waals surface area contributed by atoms with Crippen LogP contribution in [0.5, 0.6) is 0 Å². The molecule has 1 N–H and O–H groups in total. The predicted molar refractivity (Wildman–Crippen MR) is 115 cm³/mol. The Labute approximate surface area is 177 Å². The van der Waals surface area contributed by atoms with Gasteiger partial charge < -0.3 is 10.2 Å². The van der Waals surface area contributed by atoms with E-state index in [1.807, 2.05) is 42.2 Å². The van der Waals surface area contributed by atoms with E-state index in [0.29, 0.717) is 25.9 Å². The quantitative estimate of drug-likeness (QED) is 0.773. The van der Waals surface area contributed by atoms with Gasteiger partial charge in [0.25, 0.3) is 0 Å². The van der Waals surface area contributed by atoms with E-state index in [1.54, 1.807) is 6.07 Å². The van der Waals surface area contributed by atoms with Crippen LogP contribution in [0, 0.1) is 11.2 Å². The Morgan fingerprint density at radius 3 is 2.57 bits per heavy atom. The summed E-state index contributed by atoms with van der Waals surface area (Å²) >= 11 is 0. The summed E-state index contributed by atoms with van der Waals surface area (Å²) in [5, 5.41) is 3.19. The summed E-state index contributed by atoms with van der Waals surface area (Å²) in [7, 11) is 0. The minimum Gasteiger partial charge on any atom is -0.353 e. The molecule has 1 saturated heterocycles. The van der Waals surface area contributed by atoms with E-state index in [0.717, 1.165) is 42.4 Å². The zero-order valence-corrected chi connectivity index (χ0v) is 17.5. The third kappa shape index (κ3) is 4.55. The molecule has 1 aliphatic heterocycles. The standard InChI is InChI=1S/C25H29FN2O2/c1-2-23(29)28-13-5-12-25(17-28,24(30)27-22-10-11-22)16-18-6-3-7-19(14-18)20-8-4-9-21(26)15-20/h3-4,6-9,14-15,22H,2,5,10-13,16-17H2,1H3,(H,27,30)/t25-/m0/s1. The molecule has 4 rings (SSSR count). The van der Waals surface area contributed by atoms with Gasteiger partial charge in [-0.05, 0) is 60.9 Å². The van der Waals surface area contributed by atoms with Gasteiger partial charge in [0.1, 0.15) is 5.82 Å². The van der Waals surface area contributed by atoms with Gasteiger partial charge in [0.05, 0.1) is 5.41 Å². The summed E-state index contributed by atoms with van der Waals surface area (Å²) in [4.78, 5) is 27.6. The molecule has 0 radical (unpaired) electrons. The van der Waals surface area contributed by atoms with Crippen molar-refractivity contribution >= 4 is 11.8 Å². The van der Waals surface area contributed by atoms with Crippen molar-refractivity contribution in [2.45, 2.75) is 51.5 Å². The molecule has 1 aliphatic carbocycles. The number of amides is 2. The average Bonchev–Trinajstić information content (AvgIpc) is 3.57. The molecular formula is C25H29FN2O2. The van der Waals surface area contributed by atoms with Gasteiger partial charge in [-0.2, -0.15) is 0 Å². The molecule has 2 aromatic rings. The lowest BCUT2D eigenvalue weighted by atomic mass is 9.74. The number of nitrogens with zero attached hydrogens (tertiary/aromatic N) is 1. The fourth-order valence-corrected chi connectivity index (χ4v) is 4.46.